The Balaban J connectivity index is 2.84. The molecule has 1 aromatic rings. The number of aromatic nitrogens is 1. The van der Waals surface area contributed by atoms with Gasteiger partial charge >= 0.3 is 0 Å². The summed E-state index contributed by atoms with van der Waals surface area (Å²) in [7, 11) is 0. The second-order valence-electron chi connectivity index (χ2n) is 1.82. The van der Waals surface area contributed by atoms with Crippen molar-refractivity contribution in [2.24, 2.45) is 0 Å². The van der Waals surface area contributed by atoms with Crippen molar-refractivity contribution in [1.29, 1.82) is 0 Å². The predicted molar refractivity (Wildman–Crippen MR) is 41.7 cm³/mol. The Hall–Kier alpha value is -0.700. The zero-order valence-corrected chi connectivity index (χ0v) is 6.84. The Kier molecular flexibility index (Phi) is 2.57. The van der Waals surface area contributed by atoms with E-state index in [-0.39, 0.29) is 0 Å². The number of hydrogen-bond donors (Lipinski definition) is 0. The highest BCUT2D eigenvalue weighted by Crippen LogP contribution is 2.05. The predicted octanol–water partition coefficient (Wildman–Crippen LogP) is 1.59. The average molecular weight is 200 g/mol. The molecule has 1 rings (SSSR count). The molecular formula is C7H6BrNO. The highest BCUT2D eigenvalue weighted by atomic mass is 79.9. The molecule has 1 heterocycles. The zero-order chi connectivity index (χ0) is 7.40. The van der Waals surface area contributed by atoms with Gasteiger partial charge in [-0.3, -0.25) is 0 Å². The van der Waals surface area contributed by atoms with Gasteiger partial charge in [-0.25, -0.2) is 4.98 Å². The molecule has 0 aromatic carbocycles. The number of aldehydes is 1. The Morgan fingerprint density at radius 2 is 2.40 bits per heavy atom. The number of carbonyl (C=O) groups is 1. The second-order valence-corrected chi connectivity index (χ2v) is 2.63. The first kappa shape index (κ1) is 7.41. The van der Waals surface area contributed by atoms with Crippen molar-refractivity contribution < 1.29 is 4.79 Å². The van der Waals surface area contributed by atoms with Crippen molar-refractivity contribution in [1.82, 2.24) is 4.98 Å². The molecule has 0 spiro atoms. The molecule has 0 bridgehead atoms. The minimum Gasteiger partial charge on any atom is -0.303 e. The van der Waals surface area contributed by atoms with Gasteiger partial charge in [0, 0.05) is 12.1 Å². The summed E-state index contributed by atoms with van der Waals surface area (Å²) in [5.41, 5.74) is 0.796. The molecule has 10 heavy (non-hydrogen) atoms. The summed E-state index contributed by atoms with van der Waals surface area (Å²) < 4.78 is 0.770. The maximum Gasteiger partial charge on any atom is 0.125 e. The Morgan fingerprint density at radius 3 is 3.00 bits per heavy atom. The van der Waals surface area contributed by atoms with E-state index in [0.717, 1.165) is 16.6 Å². The Morgan fingerprint density at radius 1 is 1.60 bits per heavy atom. The SMILES string of the molecule is O=CCc1cccc(Br)n1. The van der Waals surface area contributed by atoms with Gasteiger partial charge in [-0.05, 0) is 28.1 Å². The summed E-state index contributed by atoms with van der Waals surface area (Å²) in [5.74, 6) is 0. The van der Waals surface area contributed by atoms with Gasteiger partial charge in [0.15, 0.2) is 0 Å². The lowest BCUT2D eigenvalue weighted by molar-refractivity contribution is -0.107. The van der Waals surface area contributed by atoms with Crippen LogP contribution in [0.2, 0.25) is 0 Å². The van der Waals surface area contributed by atoms with E-state index in [1.165, 1.54) is 0 Å². The van der Waals surface area contributed by atoms with Crippen LogP contribution < -0.4 is 0 Å². The maximum absolute atomic E-state index is 10.0. The van der Waals surface area contributed by atoms with Crippen LogP contribution in [0.1, 0.15) is 5.69 Å². The van der Waals surface area contributed by atoms with Gasteiger partial charge in [-0.2, -0.15) is 0 Å². The molecule has 0 aliphatic heterocycles. The van der Waals surface area contributed by atoms with Gasteiger partial charge < -0.3 is 4.79 Å². The molecule has 0 saturated heterocycles. The molecule has 3 heteroatoms. The molecule has 2 nitrogen and oxygen atoms in total. The Labute approximate surface area is 67.4 Å². The molecule has 0 aliphatic carbocycles. The second kappa shape index (κ2) is 3.46. The van der Waals surface area contributed by atoms with E-state index in [0.29, 0.717) is 6.42 Å². The van der Waals surface area contributed by atoms with E-state index < -0.39 is 0 Å². The summed E-state index contributed by atoms with van der Waals surface area (Å²) in [6.07, 6.45) is 1.23. The molecule has 0 unspecified atom stereocenters. The normalized spacial score (nSPS) is 9.30. The molecule has 0 N–H and O–H groups in total. The summed E-state index contributed by atoms with van der Waals surface area (Å²) in [5, 5.41) is 0. The first-order valence-electron chi connectivity index (χ1n) is 2.88. The molecule has 0 saturated carbocycles. The third-order valence-corrected chi connectivity index (χ3v) is 1.51. The van der Waals surface area contributed by atoms with E-state index in [2.05, 4.69) is 20.9 Å². The molecule has 0 aliphatic rings. The standard InChI is InChI=1S/C7H6BrNO/c8-7-3-1-2-6(9-7)4-5-10/h1-3,5H,4H2. The summed E-state index contributed by atoms with van der Waals surface area (Å²) in [4.78, 5) is 14.1. The van der Waals surface area contributed by atoms with E-state index in [4.69, 9.17) is 0 Å². The number of nitrogens with zero attached hydrogens (tertiary/aromatic N) is 1. The third-order valence-electron chi connectivity index (χ3n) is 1.07. The van der Waals surface area contributed by atoms with Crippen LogP contribution in [0, 0.1) is 0 Å². The van der Waals surface area contributed by atoms with Crippen molar-refractivity contribution >= 4 is 22.2 Å². The van der Waals surface area contributed by atoms with Crippen LogP contribution in [0.5, 0.6) is 0 Å². The molecule has 0 amide bonds. The van der Waals surface area contributed by atoms with E-state index in [9.17, 15) is 4.79 Å². The van der Waals surface area contributed by atoms with Crippen LogP contribution in [-0.2, 0) is 11.2 Å². The molecule has 0 fully saturated rings. The van der Waals surface area contributed by atoms with E-state index >= 15 is 0 Å². The van der Waals surface area contributed by atoms with Crippen LogP contribution >= 0.6 is 15.9 Å². The first-order valence-corrected chi connectivity index (χ1v) is 3.67. The number of pyridine rings is 1. The van der Waals surface area contributed by atoms with Gasteiger partial charge in [0.2, 0.25) is 0 Å². The lowest BCUT2D eigenvalue weighted by atomic mass is 10.3. The zero-order valence-electron chi connectivity index (χ0n) is 5.25. The average Bonchev–Trinajstić information content (AvgIpc) is 1.88. The fourth-order valence-corrected chi connectivity index (χ4v) is 1.03. The number of hydrogen-bond acceptors (Lipinski definition) is 2. The van der Waals surface area contributed by atoms with E-state index in [1.54, 1.807) is 0 Å². The van der Waals surface area contributed by atoms with Crippen LogP contribution in [-0.4, -0.2) is 11.3 Å². The molecule has 52 valence electrons. The van der Waals surface area contributed by atoms with Crippen LogP contribution in [0.25, 0.3) is 0 Å². The van der Waals surface area contributed by atoms with Gasteiger partial charge in [-0.1, -0.05) is 6.07 Å². The summed E-state index contributed by atoms with van der Waals surface area (Å²) in [6, 6.07) is 5.50. The van der Waals surface area contributed by atoms with Crippen LogP contribution in [0.15, 0.2) is 22.8 Å². The minimum atomic E-state index is 0.388. The lowest BCUT2D eigenvalue weighted by Gasteiger charge is -1.92. The van der Waals surface area contributed by atoms with Crippen LogP contribution in [0.4, 0.5) is 0 Å². The molecule has 0 atom stereocenters. The van der Waals surface area contributed by atoms with Crippen LogP contribution in [0.3, 0.4) is 0 Å². The number of rotatable bonds is 2. The van der Waals surface area contributed by atoms with Crippen molar-refractivity contribution in [3.8, 4) is 0 Å². The van der Waals surface area contributed by atoms with Gasteiger partial charge in [0.1, 0.15) is 10.9 Å². The summed E-state index contributed by atoms with van der Waals surface area (Å²) >= 11 is 3.21. The number of halogens is 1. The fourth-order valence-electron chi connectivity index (χ4n) is 0.649. The lowest BCUT2D eigenvalue weighted by Crippen LogP contribution is -1.89. The molecular weight excluding hydrogens is 194 g/mol. The topological polar surface area (TPSA) is 30.0 Å². The first-order chi connectivity index (χ1) is 4.83. The maximum atomic E-state index is 10.0. The fraction of sp³-hybridized carbons (Fsp3) is 0.143. The molecule has 1 aromatic heterocycles. The highest BCUT2D eigenvalue weighted by molar-refractivity contribution is 9.10. The summed E-state index contributed by atoms with van der Waals surface area (Å²) in [6.45, 7) is 0. The van der Waals surface area contributed by atoms with E-state index in [1.807, 2.05) is 18.2 Å². The van der Waals surface area contributed by atoms with Crippen molar-refractivity contribution in [2.45, 2.75) is 6.42 Å². The highest BCUT2D eigenvalue weighted by Gasteiger charge is 1.91. The Bertz CT molecular complexity index is 237. The monoisotopic (exact) mass is 199 g/mol. The quantitative estimate of drug-likeness (QED) is 0.535. The van der Waals surface area contributed by atoms with Crippen molar-refractivity contribution in [2.75, 3.05) is 0 Å². The third kappa shape index (κ3) is 1.92. The van der Waals surface area contributed by atoms with Gasteiger partial charge in [0.05, 0.1) is 0 Å². The smallest absolute Gasteiger partial charge is 0.125 e. The van der Waals surface area contributed by atoms with Gasteiger partial charge in [0.25, 0.3) is 0 Å². The largest absolute Gasteiger partial charge is 0.303 e. The minimum absolute atomic E-state index is 0.388. The number of carbonyl (C=O) groups excluding carboxylic acids is 1. The van der Waals surface area contributed by atoms with Gasteiger partial charge in [-0.15, -0.1) is 0 Å². The van der Waals surface area contributed by atoms with Crippen molar-refractivity contribution in [3.63, 3.8) is 0 Å². The van der Waals surface area contributed by atoms with Crippen molar-refractivity contribution in [3.05, 3.63) is 28.5 Å². The molecule has 0 radical (unpaired) electrons.